The maximum Gasteiger partial charge on any atom is 0.353 e. The number of carbonyl (C=O) groups is 2. The average Bonchev–Trinajstić information content (AvgIpc) is 2.29. The molecule has 13 heavy (non-hydrogen) atoms. The molecule has 0 saturated heterocycles. The van der Waals surface area contributed by atoms with Crippen molar-refractivity contribution in [2.75, 3.05) is 0 Å². The molecule has 1 aromatic rings. The van der Waals surface area contributed by atoms with Gasteiger partial charge >= 0.3 is 11.9 Å². The zero-order valence-corrected chi connectivity index (χ0v) is 7.17. The van der Waals surface area contributed by atoms with Gasteiger partial charge in [0, 0.05) is 0 Å². The standard InChI is InChI=1S/C8H4O4S/c9-7-5-3-1-2-4-6(5)8(10)12-13-11-7/h1-4H. The maximum absolute atomic E-state index is 11.2. The molecule has 1 aromatic carbocycles. The fourth-order valence-corrected chi connectivity index (χ4v) is 1.34. The van der Waals surface area contributed by atoms with E-state index in [4.69, 9.17) is 0 Å². The highest BCUT2D eigenvalue weighted by Gasteiger charge is 2.24. The third-order valence-electron chi connectivity index (χ3n) is 1.59. The predicted octanol–water partition coefficient (Wildman–Crippen LogP) is 1.58. The van der Waals surface area contributed by atoms with Gasteiger partial charge in [-0.25, -0.2) is 9.59 Å². The van der Waals surface area contributed by atoms with Crippen LogP contribution in [-0.2, 0) is 8.37 Å². The van der Waals surface area contributed by atoms with Crippen molar-refractivity contribution in [3.05, 3.63) is 35.4 Å². The third-order valence-corrected chi connectivity index (χ3v) is 2.03. The Morgan fingerprint density at radius 2 is 1.38 bits per heavy atom. The zero-order valence-electron chi connectivity index (χ0n) is 6.35. The number of fused-ring (bicyclic) bond motifs is 1. The summed E-state index contributed by atoms with van der Waals surface area (Å²) in [7, 11) is 0. The molecule has 0 radical (unpaired) electrons. The summed E-state index contributed by atoms with van der Waals surface area (Å²) in [6.07, 6.45) is 0. The average molecular weight is 196 g/mol. The molecule has 2 rings (SSSR count). The Morgan fingerprint density at radius 3 is 1.85 bits per heavy atom. The van der Waals surface area contributed by atoms with Crippen molar-refractivity contribution in [3.63, 3.8) is 0 Å². The predicted molar refractivity (Wildman–Crippen MR) is 44.9 cm³/mol. The van der Waals surface area contributed by atoms with Crippen LogP contribution >= 0.6 is 12.3 Å². The van der Waals surface area contributed by atoms with Crippen LogP contribution in [0.2, 0.25) is 0 Å². The Hall–Kier alpha value is -1.49. The molecule has 5 heteroatoms. The molecule has 1 heterocycles. The van der Waals surface area contributed by atoms with Gasteiger partial charge in [0.1, 0.15) is 0 Å². The smallest absolute Gasteiger partial charge is 0.350 e. The second-order valence-corrected chi connectivity index (χ2v) is 2.82. The first-order chi connectivity index (χ1) is 6.29. The first kappa shape index (κ1) is 8.12. The Morgan fingerprint density at radius 1 is 0.923 bits per heavy atom. The van der Waals surface area contributed by atoms with Crippen LogP contribution in [0.25, 0.3) is 0 Å². The van der Waals surface area contributed by atoms with Gasteiger partial charge in [-0.1, -0.05) is 12.1 Å². The van der Waals surface area contributed by atoms with Gasteiger partial charge < -0.3 is 8.37 Å². The van der Waals surface area contributed by atoms with Crippen molar-refractivity contribution in [1.29, 1.82) is 0 Å². The fourth-order valence-electron chi connectivity index (χ4n) is 1.01. The molecule has 0 aliphatic carbocycles. The van der Waals surface area contributed by atoms with Crippen molar-refractivity contribution in [3.8, 4) is 0 Å². The maximum atomic E-state index is 11.2. The Kier molecular flexibility index (Phi) is 1.94. The van der Waals surface area contributed by atoms with Crippen molar-refractivity contribution < 1.29 is 18.0 Å². The van der Waals surface area contributed by atoms with Gasteiger partial charge in [0.2, 0.25) is 0 Å². The molecule has 66 valence electrons. The quantitative estimate of drug-likeness (QED) is 0.589. The van der Waals surface area contributed by atoms with Crippen molar-refractivity contribution in [2.24, 2.45) is 0 Å². The molecule has 0 bridgehead atoms. The SMILES string of the molecule is O=C1OSOC(=O)c2ccccc21. The minimum atomic E-state index is -0.563. The van der Waals surface area contributed by atoms with Gasteiger partial charge in [-0.05, 0) is 12.1 Å². The summed E-state index contributed by atoms with van der Waals surface area (Å²) in [5.74, 6) is -1.13. The number of hydrogen-bond acceptors (Lipinski definition) is 5. The van der Waals surface area contributed by atoms with Gasteiger partial charge in [-0.3, -0.25) is 0 Å². The molecular formula is C8H4O4S. The molecule has 4 nitrogen and oxygen atoms in total. The second kappa shape index (κ2) is 3.10. The Balaban J connectivity index is 2.57. The molecule has 0 N–H and O–H groups in total. The van der Waals surface area contributed by atoms with Crippen LogP contribution in [0.1, 0.15) is 20.7 Å². The molecule has 0 saturated carbocycles. The van der Waals surface area contributed by atoms with Crippen LogP contribution in [0.15, 0.2) is 24.3 Å². The van der Waals surface area contributed by atoms with Crippen molar-refractivity contribution in [2.45, 2.75) is 0 Å². The molecule has 0 aromatic heterocycles. The molecule has 0 spiro atoms. The summed E-state index contributed by atoms with van der Waals surface area (Å²) in [6, 6.07) is 6.35. The highest BCUT2D eigenvalue weighted by Crippen LogP contribution is 2.21. The van der Waals surface area contributed by atoms with E-state index in [-0.39, 0.29) is 11.1 Å². The van der Waals surface area contributed by atoms with E-state index in [9.17, 15) is 9.59 Å². The van der Waals surface area contributed by atoms with E-state index < -0.39 is 11.9 Å². The molecule has 0 unspecified atom stereocenters. The summed E-state index contributed by atoms with van der Waals surface area (Å²) >= 11 is 0.389. The van der Waals surface area contributed by atoms with E-state index in [1.807, 2.05) is 0 Å². The lowest BCUT2D eigenvalue weighted by atomic mass is 10.1. The Labute approximate surface area is 78.2 Å². The Bertz CT molecular complexity index is 339. The normalized spacial score (nSPS) is 15.4. The molecule has 1 aliphatic heterocycles. The lowest BCUT2D eigenvalue weighted by Gasteiger charge is -1.96. The van der Waals surface area contributed by atoms with Gasteiger partial charge in [0.05, 0.1) is 11.1 Å². The topological polar surface area (TPSA) is 52.6 Å². The van der Waals surface area contributed by atoms with Gasteiger partial charge in [-0.15, -0.1) is 0 Å². The van der Waals surface area contributed by atoms with Crippen molar-refractivity contribution >= 4 is 24.3 Å². The summed E-state index contributed by atoms with van der Waals surface area (Å²) in [5, 5.41) is 0. The lowest BCUT2D eigenvalue weighted by molar-refractivity contribution is 0.0737. The van der Waals surface area contributed by atoms with Crippen LogP contribution in [0.3, 0.4) is 0 Å². The van der Waals surface area contributed by atoms with Crippen LogP contribution < -0.4 is 0 Å². The van der Waals surface area contributed by atoms with Gasteiger partial charge in [0.25, 0.3) is 12.3 Å². The second-order valence-electron chi connectivity index (χ2n) is 2.36. The van der Waals surface area contributed by atoms with Crippen molar-refractivity contribution in [1.82, 2.24) is 0 Å². The van der Waals surface area contributed by atoms with E-state index in [1.54, 1.807) is 12.1 Å². The molecule has 1 aliphatic rings. The minimum Gasteiger partial charge on any atom is -0.350 e. The minimum absolute atomic E-state index is 0.234. The first-order valence-electron chi connectivity index (χ1n) is 3.48. The summed E-state index contributed by atoms with van der Waals surface area (Å²) in [5.41, 5.74) is 0.468. The van der Waals surface area contributed by atoms with E-state index in [1.165, 1.54) is 12.1 Å². The number of hydrogen-bond donors (Lipinski definition) is 0. The van der Waals surface area contributed by atoms with E-state index in [2.05, 4.69) is 8.37 Å². The third kappa shape index (κ3) is 1.38. The van der Waals surface area contributed by atoms with E-state index in [0.29, 0.717) is 12.3 Å². The summed E-state index contributed by atoms with van der Waals surface area (Å²) < 4.78 is 9.07. The van der Waals surface area contributed by atoms with Crippen LogP contribution in [0, 0.1) is 0 Å². The van der Waals surface area contributed by atoms with Crippen LogP contribution in [-0.4, -0.2) is 11.9 Å². The highest BCUT2D eigenvalue weighted by atomic mass is 32.2. The summed E-state index contributed by atoms with van der Waals surface area (Å²) in [6.45, 7) is 0. The largest absolute Gasteiger partial charge is 0.353 e. The molecule has 0 amide bonds. The van der Waals surface area contributed by atoms with E-state index in [0.717, 1.165) is 0 Å². The van der Waals surface area contributed by atoms with E-state index >= 15 is 0 Å². The highest BCUT2D eigenvalue weighted by molar-refractivity contribution is 7.90. The fraction of sp³-hybridized carbons (Fsp3) is 0. The lowest BCUT2D eigenvalue weighted by Crippen LogP contribution is -2.04. The van der Waals surface area contributed by atoms with Crippen LogP contribution in [0.5, 0.6) is 0 Å². The number of rotatable bonds is 0. The number of carbonyl (C=O) groups excluding carboxylic acids is 2. The monoisotopic (exact) mass is 196 g/mol. The first-order valence-corrected chi connectivity index (χ1v) is 4.14. The van der Waals surface area contributed by atoms with Gasteiger partial charge in [-0.2, -0.15) is 0 Å². The zero-order chi connectivity index (χ0) is 9.26. The van der Waals surface area contributed by atoms with Gasteiger partial charge in [0.15, 0.2) is 0 Å². The number of benzene rings is 1. The van der Waals surface area contributed by atoms with Crippen LogP contribution in [0.4, 0.5) is 0 Å². The summed E-state index contributed by atoms with van der Waals surface area (Å²) in [4.78, 5) is 22.4. The molecule has 0 fully saturated rings. The molecule has 0 atom stereocenters. The molecular weight excluding hydrogens is 192 g/mol.